The maximum Gasteiger partial charge on any atom is 0.416 e. The SMILES string of the molecule is C[C@@H]1CNCC[C@@H]1c1c(C(F)(F)F)ccc2ccoc12. The van der Waals surface area contributed by atoms with Gasteiger partial charge in [0.15, 0.2) is 0 Å². The van der Waals surface area contributed by atoms with Gasteiger partial charge >= 0.3 is 6.18 Å². The second-order valence-corrected chi connectivity index (χ2v) is 5.44. The van der Waals surface area contributed by atoms with Crippen molar-refractivity contribution in [2.24, 2.45) is 5.92 Å². The normalized spacial score (nSPS) is 24.2. The zero-order chi connectivity index (χ0) is 14.3. The first-order valence-electron chi connectivity index (χ1n) is 6.76. The Labute approximate surface area is 115 Å². The summed E-state index contributed by atoms with van der Waals surface area (Å²) in [5, 5.41) is 3.96. The average Bonchev–Trinajstić information content (AvgIpc) is 2.85. The highest BCUT2D eigenvalue weighted by Gasteiger charge is 2.38. The molecular formula is C15H16F3NO. The van der Waals surface area contributed by atoms with Crippen LogP contribution in [0.4, 0.5) is 13.2 Å². The van der Waals surface area contributed by atoms with Crippen molar-refractivity contribution in [2.75, 3.05) is 13.1 Å². The van der Waals surface area contributed by atoms with E-state index in [2.05, 4.69) is 5.32 Å². The molecule has 1 fully saturated rings. The topological polar surface area (TPSA) is 25.2 Å². The second kappa shape index (κ2) is 4.81. The standard InChI is InChI=1S/C15H16F3NO/c1-9-8-19-6-4-11(9)13-12(15(16,17)18)3-2-10-5-7-20-14(10)13/h2-3,5,7,9,11,19H,4,6,8H2,1H3/t9-,11+/m1/s1. The van der Waals surface area contributed by atoms with Gasteiger partial charge in [0, 0.05) is 10.9 Å². The summed E-state index contributed by atoms with van der Waals surface area (Å²) in [6.45, 7) is 3.46. The summed E-state index contributed by atoms with van der Waals surface area (Å²) >= 11 is 0. The average molecular weight is 283 g/mol. The van der Waals surface area contributed by atoms with Gasteiger partial charge in [0.1, 0.15) is 5.58 Å². The molecular weight excluding hydrogens is 267 g/mol. The van der Waals surface area contributed by atoms with Gasteiger partial charge in [0.25, 0.3) is 0 Å². The molecule has 5 heteroatoms. The van der Waals surface area contributed by atoms with Crippen molar-refractivity contribution >= 4 is 11.0 Å². The zero-order valence-electron chi connectivity index (χ0n) is 11.1. The molecule has 0 saturated carbocycles. The molecule has 0 amide bonds. The molecule has 0 spiro atoms. The van der Waals surface area contributed by atoms with Crippen LogP contribution < -0.4 is 5.32 Å². The minimum atomic E-state index is -4.35. The minimum Gasteiger partial charge on any atom is -0.464 e. The molecule has 2 heterocycles. The molecule has 1 aromatic carbocycles. The molecule has 108 valence electrons. The van der Waals surface area contributed by atoms with Gasteiger partial charge in [-0.25, -0.2) is 0 Å². The molecule has 0 aliphatic carbocycles. The van der Waals surface area contributed by atoms with E-state index in [1.54, 1.807) is 6.07 Å². The molecule has 1 saturated heterocycles. The van der Waals surface area contributed by atoms with E-state index in [-0.39, 0.29) is 11.8 Å². The Morgan fingerprint density at radius 3 is 2.75 bits per heavy atom. The van der Waals surface area contributed by atoms with E-state index in [1.807, 2.05) is 6.92 Å². The first-order chi connectivity index (χ1) is 9.48. The molecule has 20 heavy (non-hydrogen) atoms. The van der Waals surface area contributed by atoms with Crippen LogP contribution in [0.5, 0.6) is 0 Å². The van der Waals surface area contributed by atoms with Crippen LogP contribution in [-0.4, -0.2) is 13.1 Å². The number of furan rings is 1. The van der Waals surface area contributed by atoms with E-state index in [1.165, 1.54) is 18.4 Å². The van der Waals surface area contributed by atoms with Crippen molar-refractivity contribution in [3.05, 3.63) is 35.6 Å². The zero-order valence-corrected chi connectivity index (χ0v) is 11.1. The van der Waals surface area contributed by atoms with Gasteiger partial charge in [-0.1, -0.05) is 13.0 Å². The summed E-state index contributed by atoms with van der Waals surface area (Å²) < 4.78 is 45.3. The molecule has 0 unspecified atom stereocenters. The highest BCUT2D eigenvalue weighted by Crippen LogP contribution is 2.43. The second-order valence-electron chi connectivity index (χ2n) is 5.44. The number of alkyl halides is 3. The Morgan fingerprint density at radius 1 is 1.25 bits per heavy atom. The molecule has 2 aromatic rings. The molecule has 1 aliphatic heterocycles. The summed E-state index contributed by atoms with van der Waals surface area (Å²) in [7, 11) is 0. The fraction of sp³-hybridized carbons (Fsp3) is 0.467. The molecule has 0 bridgehead atoms. The molecule has 0 radical (unpaired) electrons. The fourth-order valence-corrected chi connectivity index (χ4v) is 3.11. The van der Waals surface area contributed by atoms with Gasteiger partial charge in [-0.15, -0.1) is 0 Å². The number of hydrogen-bond donors (Lipinski definition) is 1. The van der Waals surface area contributed by atoms with Gasteiger partial charge in [-0.3, -0.25) is 0 Å². The lowest BCUT2D eigenvalue weighted by Gasteiger charge is -2.31. The maximum absolute atomic E-state index is 13.3. The van der Waals surface area contributed by atoms with Crippen LogP contribution in [0.1, 0.15) is 30.4 Å². The Morgan fingerprint density at radius 2 is 2.05 bits per heavy atom. The Balaban J connectivity index is 2.21. The smallest absolute Gasteiger partial charge is 0.416 e. The lowest BCUT2D eigenvalue weighted by atomic mass is 9.79. The summed E-state index contributed by atoms with van der Waals surface area (Å²) in [5.41, 5.74) is 0.159. The largest absolute Gasteiger partial charge is 0.464 e. The maximum atomic E-state index is 13.3. The Bertz CT molecular complexity index is 617. The molecule has 2 atom stereocenters. The number of fused-ring (bicyclic) bond motifs is 1. The van der Waals surface area contributed by atoms with Crippen molar-refractivity contribution in [1.82, 2.24) is 5.32 Å². The van der Waals surface area contributed by atoms with Crippen LogP contribution in [0.15, 0.2) is 28.9 Å². The third-order valence-electron chi connectivity index (χ3n) is 4.12. The van der Waals surface area contributed by atoms with E-state index in [0.29, 0.717) is 17.6 Å². The molecule has 1 aromatic heterocycles. The number of halogens is 3. The van der Waals surface area contributed by atoms with Crippen LogP contribution in [0.25, 0.3) is 11.0 Å². The van der Waals surface area contributed by atoms with Gasteiger partial charge in [-0.2, -0.15) is 13.2 Å². The van der Waals surface area contributed by atoms with Crippen molar-refractivity contribution in [3.63, 3.8) is 0 Å². The fourth-order valence-electron chi connectivity index (χ4n) is 3.11. The Hall–Kier alpha value is -1.49. The number of benzene rings is 1. The highest BCUT2D eigenvalue weighted by atomic mass is 19.4. The number of piperidine rings is 1. The van der Waals surface area contributed by atoms with Crippen LogP contribution >= 0.6 is 0 Å². The van der Waals surface area contributed by atoms with E-state index < -0.39 is 11.7 Å². The van der Waals surface area contributed by atoms with Crippen LogP contribution in [0, 0.1) is 5.92 Å². The molecule has 1 aliphatic rings. The summed E-state index contributed by atoms with van der Waals surface area (Å²) in [5.74, 6) is 0.0308. The van der Waals surface area contributed by atoms with Crippen LogP contribution in [0.3, 0.4) is 0 Å². The van der Waals surface area contributed by atoms with Crippen molar-refractivity contribution < 1.29 is 17.6 Å². The van der Waals surface area contributed by atoms with E-state index in [9.17, 15) is 13.2 Å². The highest BCUT2D eigenvalue weighted by molar-refractivity contribution is 5.82. The summed E-state index contributed by atoms with van der Waals surface area (Å²) in [6.07, 6.45) is -2.19. The minimum absolute atomic E-state index is 0.122. The number of nitrogens with one attached hydrogen (secondary N) is 1. The van der Waals surface area contributed by atoms with Crippen LogP contribution in [-0.2, 0) is 6.18 Å². The summed E-state index contributed by atoms with van der Waals surface area (Å²) in [6, 6.07) is 4.38. The predicted molar refractivity (Wildman–Crippen MR) is 70.6 cm³/mol. The van der Waals surface area contributed by atoms with E-state index in [4.69, 9.17) is 4.42 Å². The monoisotopic (exact) mass is 283 g/mol. The first kappa shape index (κ1) is 13.5. The van der Waals surface area contributed by atoms with Gasteiger partial charge in [-0.05, 0) is 43.5 Å². The van der Waals surface area contributed by atoms with Crippen molar-refractivity contribution in [3.8, 4) is 0 Å². The molecule has 3 rings (SSSR count). The van der Waals surface area contributed by atoms with Gasteiger partial charge in [0.05, 0.1) is 11.8 Å². The van der Waals surface area contributed by atoms with Crippen LogP contribution in [0.2, 0.25) is 0 Å². The number of hydrogen-bond acceptors (Lipinski definition) is 2. The van der Waals surface area contributed by atoms with E-state index >= 15 is 0 Å². The Kier molecular flexibility index (Phi) is 3.24. The van der Waals surface area contributed by atoms with Crippen molar-refractivity contribution in [1.29, 1.82) is 0 Å². The van der Waals surface area contributed by atoms with Gasteiger partial charge < -0.3 is 9.73 Å². The molecule has 1 N–H and O–H groups in total. The quantitative estimate of drug-likeness (QED) is 0.850. The summed E-state index contributed by atoms with van der Waals surface area (Å²) in [4.78, 5) is 0. The van der Waals surface area contributed by atoms with Gasteiger partial charge in [0.2, 0.25) is 0 Å². The predicted octanol–water partition coefficient (Wildman–Crippen LogP) is 4.16. The lowest BCUT2D eigenvalue weighted by Crippen LogP contribution is -2.34. The lowest BCUT2D eigenvalue weighted by molar-refractivity contribution is -0.138. The number of rotatable bonds is 1. The third-order valence-corrected chi connectivity index (χ3v) is 4.12. The van der Waals surface area contributed by atoms with E-state index in [0.717, 1.165) is 18.5 Å². The third kappa shape index (κ3) is 2.20. The first-order valence-corrected chi connectivity index (χ1v) is 6.76. The molecule has 2 nitrogen and oxygen atoms in total. The van der Waals surface area contributed by atoms with Crippen molar-refractivity contribution in [2.45, 2.75) is 25.4 Å².